The highest BCUT2D eigenvalue weighted by Crippen LogP contribution is 2.09. The highest BCUT2D eigenvalue weighted by atomic mass is 16.2. The van der Waals surface area contributed by atoms with E-state index < -0.39 is 0 Å². The maximum atomic E-state index is 11.9. The Labute approximate surface area is 109 Å². The molecule has 1 amide bonds. The van der Waals surface area contributed by atoms with E-state index in [0.29, 0.717) is 19.1 Å². The predicted octanol–water partition coefficient (Wildman–Crippen LogP) is 1.60. The van der Waals surface area contributed by atoms with Gasteiger partial charge in [0.25, 0.3) is 0 Å². The molecule has 18 heavy (non-hydrogen) atoms. The van der Waals surface area contributed by atoms with Gasteiger partial charge in [0.2, 0.25) is 5.91 Å². The second kappa shape index (κ2) is 7.13. The minimum atomic E-state index is 0.00255. The van der Waals surface area contributed by atoms with E-state index >= 15 is 0 Å². The normalized spacial score (nSPS) is 11.0. The van der Waals surface area contributed by atoms with Crippen LogP contribution in [-0.4, -0.2) is 36.5 Å². The Kier molecular flexibility index (Phi) is 5.82. The summed E-state index contributed by atoms with van der Waals surface area (Å²) >= 11 is 0. The number of amides is 1. The number of anilines is 1. The van der Waals surface area contributed by atoms with Crippen LogP contribution in [0.4, 0.5) is 5.69 Å². The number of benzene rings is 1. The average molecular weight is 249 g/mol. The lowest BCUT2D eigenvalue weighted by Crippen LogP contribution is -2.40. The van der Waals surface area contributed by atoms with Crippen molar-refractivity contribution < 1.29 is 4.79 Å². The molecular weight excluding hydrogens is 226 g/mol. The summed E-state index contributed by atoms with van der Waals surface area (Å²) in [7, 11) is 0. The first-order valence-electron chi connectivity index (χ1n) is 6.33. The maximum absolute atomic E-state index is 11.9. The van der Waals surface area contributed by atoms with E-state index in [0.717, 1.165) is 17.8 Å². The average Bonchev–Trinajstić information content (AvgIpc) is 2.28. The zero-order valence-corrected chi connectivity index (χ0v) is 11.4. The van der Waals surface area contributed by atoms with Crippen molar-refractivity contribution in [3.05, 3.63) is 29.8 Å². The van der Waals surface area contributed by atoms with Gasteiger partial charge in [0, 0.05) is 24.8 Å². The van der Waals surface area contributed by atoms with Gasteiger partial charge in [-0.25, -0.2) is 0 Å². The zero-order valence-electron chi connectivity index (χ0n) is 11.4. The van der Waals surface area contributed by atoms with E-state index in [1.165, 1.54) is 0 Å². The summed E-state index contributed by atoms with van der Waals surface area (Å²) in [5, 5.41) is 2.91. The standard InChI is InChI=1S/C14H23N3O/c1-11(2)17(8-7-15)10-14(18)16-13-6-4-5-12(3)9-13/h4-6,9,11H,7-8,10,15H2,1-3H3,(H,16,18). The lowest BCUT2D eigenvalue weighted by molar-refractivity contribution is -0.117. The van der Waals surface area contributed by atoms with Crippen LogP contribution < -0.4 is 11.1 Å². The second-order valence-corrected chi connectivity index (χ2v) is 4.77. The van der Waals surface area contributed by atoms with Gasteiger partial charge in [-0.2, -0.15) is 0 Å². The Morgan fingerprint density at radius 2 is 2.17 bits per heavy atom. The van der Waals surface area contributed by atoms with Crippen molar-refractivity contribution in [2.45, 2.75) is 26.8 Å². The van der Waals surface area contributed by atoms with E-state index in [2.05, 4.69) is 24.1 Å². The van der Waals surface area contributed by atoms with E-state index in [1.807, 2.05) is 31.2 Å². The van der Waals surface area contributed by atoms with Crippen molar-refractivity contribution in [1.29, 1.82) is 0 Å². The third-order valence-corrected chi connectivity index (χ3v) is 2.80. The fraction of sp³-hybridized carbons (Fsp3) is 0.500. The molecule has 3 N–H and O–H groups in total. The van der Waals surface area contributed by atoms with Crippen LogP contribution in [0, 0.1) is 6.92 Å². The van der Waals surface area contributed by atoms with E-state index in [9.17, 15) is 4.79 Å². The Hall–Kier alpha value is -1.39. The van der Waals surface area contributed by atoms with Crippen LogP contribution in [0.25, 0.3) is 0 Å². The molecule has 1 aromatic rings. The molecule has 0 spiro atoms. The van der Waals surface area contributed by atoms with Crippen LogP contribution in [0.2, 0.25) is 0 Å². The first-order chi connectivity index (χ1) is 8.52. The van der Waals surface area contributed by atoms with E-state index in [4.69, 9.17) is 5.73 Å². The van der Waals surface area contributed by atoms with Crippen molar-refractivity contribution in [3.8, 4) is 0 Å². The quantitative estimate of drug-likeness (QED) is 0.805. The lowest BCUT2D eigenvalue weighted by Gasteiger charge is -2.25. The summed E-state index contributed by atoms with van der Waals surface area (Å²) in [6, 6.07) is 8.11. The third kappa shape index (κ3) is 4.85. The van der Waals surface area contributed by atoms with Gasteiger partial charge in [-0.3, -0.25) is 9.69 Å². The number of carbonyl (C=O) groups excluding carboxylic acids is 1. The van der Waals surface area contributed by atoms with Crippen molar-refractivity contribution in [3.63, 3.8) is 0 Å². The molecule has 0 bridgehead atoms. The van der Waals surface area contributed by atoms with Crippen molar-refractivity contribution in [1.82, 2.24) is 4.90 Å². The summed E-state index contributed by atoms with van der Waals surface area (Å²) in [5.41, 5.74) is 7.52. The topological polar surface area (TPSA) is 58.4 Å². The minimum Gasteiger partial charge on any atom is -0.329 e. The van der Waals surface area contributed by atoms with Crippen LogP contribution in [0.1, 0.15) is 19.4 Å². The highest BCUT2D eigenvalue weighted by molar-refractivity contribution is 5.92. The molecule has 0 radical (unpaired) electrons. The molecule has 0 saturated carbocycles. The number of carbonyl (C=O) groups is 1. The van der Waals surface area contributed by atoms with Gasteiger partial charge in [-0.05, 0) is 38.5 Å². The van der Waals surface area contributed by atoms with Crippen molar-refractivity contribution in [2.24, 2.45) is 5.73 Å². The zero-order chi connectivity index (χ0) is 13.5. The Balaban J connectivity index is 2.55. The van der Waals surface area contributed by atoms with Gasteiger partial charge < -0.3 is 11.1 Å². The van der Waals surface area contributed by atoms with Crippen LogP contribution in [0.5, 0.6) is 0 Å². The predicted molar refractivity (Wildman–Crippen MR) is 75.6 cm³/mol. The third-order valence-electron chi connectivity index (χ3n) is 2.80. The molecular formula is C14H23N3O. The van der Waals surface area contributed by atoms with Gasteiger partial charge in [-0.15, -0.1) is 0 Å². The molecule has 0 fully saturated rings. The first kappa shape index (κ1) is 14.7. The summed E-state index contributed by atoms with van der Waals surface area (Å²) in [5.74, 6) is 0.00255. The molecule has 0 unspecified atom stereocenters. The summed E-state index contributed by atoms with van der Waals surface area (Å²) in [4.78, 5) is 14.0. The number of hydrogen-bond acceptors (Lipinski definition) is 3. The van der Waals surface area contributed by atoms with Gasteiger partial charge >= 0.3 is 0 Å². The molecule has 0 aromatic heterocycles. The molecule has 0 aliphatic heterocycles. The Morgan fingerprint density at radius 3 is 2.72 bits per heavy atom. The first-order valence-corrected chi connectivity index (χ1v) is 6.33. The van der Waals surface area contributed by atoms with Crippen molar-refractivity contribution in [2.75, 3.05) is 25.0 Å². The highest BCUT2D eigenvalue weighted by Gasteiger charge is 2.13. The van der Waals surface area contributed by atoms with E-state index in [-0.39, 0.29) is 5.91 Å². The number of nitrogens with two attached hydrogens (primary N) is 1. The van der Waals surface area contributed by atoms with Crippen LogP contribution in [0.15, 0.2) is 24.3 Å². The number of nitrogens with zero attached hydrogens (tertiary/aromatic N) is 1. The van der Waals surface area contributed by atoms with Crippen LogP contribution in [-0.2, 0) is 4.79 Å². The monoisotopic (exact) mass is 249 g/mol. The fourth-order valence-electron chi connectivity index (χ4n) is 1.79. The molecule has 0 aliphatic rings. The van der Waals surface area contributed by atoms with E-state index in [1.54, 1.807) is 0 Å². The van der Waals surface area contributed by atoms with Crippen LogP contribution in [0.3, 0.4) is 0 Å². The van der Waals surface area contributed by atoms with Crippen LogP contribution >= 0.6 is 0 Å². The molecule has 0 heterocycles. The van der Waals surface area contributed by atoms with Gasteiger partial charge in [0.15, 0.2) is 0 Å². The molecule has 100 valence electrons. The molecule has 0 atom stereocenters. The Morgan fingerprint density at radius 1 is 1.44 bits per heavy atom. The molecule has 1 rings (SSSR count). The molecule has 4 heteroatoms. The summed E-state index contributed by atoms with van der Waals surface area (Å²) in [6.07, 6.45) is 0. The Bertz CT molecular complexity index is 390. The molecule has 0 saturated heterocycles. The largest absolute Gasteiger partial charge is 0.329 e. The second-order valence-electron chi connectivity index (χ2n) is 4.77. The molecule has 4 nitrogen and oxygen atoms in total. The SMILES string of the molecule is Cc1cccc(NC(=O)CN(CCN)C(C)C)c1. The van der Waals surface area contributed by atoms with Gasteiger partial charge in [0.1, 0.15) is 0 Å². The smallest absolute Gasteiger partial charge is 0.238 e. The number of rotatable bonds is 6. The molecule has 1 aromatic carbocycles. The molecule has 0 aliphatic carbocycles. The summed E-state index contributed by atoms with van der Waals surface area (Å²) < 4.78 is 0. The van der Waals surface area contributed by atoms with Gasteiger partial charge in [0.05, 0.1) is 6.54 Å². The van der Waals surface area contributed by atoms with Gasteiger partial charge in [-0.1, -0.05) is 12.1 Å². The summed E-state index contributed by atoms with van der Waals surface area (Å²) in [6.45, 7) is 7.81. The fourth-order valence-corrected chi connectivity index (χ4v) is 1.79. The minimum absolute atomic E-state index is 0.00255. The lowest BCUT2D eigenvalue weighted by atomic mass is 10.2. The van der Waals surface area contributed by atoms with Crippen molar-refractivity contribution >= 4 is 11.6 Å². The maximum Gasteiger partial charge on any atom is 0.238 e. The number of aryl methyl sites for hydroxylation is 1. The number of nitrogens with one attached hydrogen (secondary N) is 1. The number of hydrogen-bond donors (Lipinski definition) is 2.